The first-order valence-electron chi connectivity index (χ1n) is 4.66. The summed E-state index contributed by atoms with van der Waals surface area (Å²) in [6.07, 6.45) is 0.554. The highest BCUT2D eigenvalue weighted by Crippen LogP contribution is 2.38. The van der Waals surface area contributed by atoms with Crippen LogP contribution < -0.4 is 9.47 Å². The molecule has 1 rings (SSSR count). The van der Waals surface area contributed by atoms with Crippen molar-refractivity contribution >= 4 is 15.9 Å². The fourth-order valence-corrected chi connectivity index (χ4v) is 2.10. The van der Waals surface area contributed by atoms with Crippen LogP contribution >= 0.6 is 15.9 Å². The van der Waals surface area contributed by atoms with Gasteiger partial charge in [-0.1, -0.05) is 0 Å². The molecule has 0 aliphatic heterocycles. The van der Waals surface area contributed by atoms with Gasteiger partial charge in [-0.05, 0) is 35.3 Å². The van der Waals surface area contributed by atoms with Gasteiger partial charge in [0.05, 0.1) is 18.7 Å². The van der Waals surface area contributed by atoms with Crippen molar-refractivity contribution in [2.75, 3.05) is 20.8 Å². The number of hydrogen-bond donors (Lipinski definition) is 1. The smallest absolute Gasteiger partial charge is 0.136 e. The Balaban J connectivity index is 3.30. The summed E-state index contributed by atoms with van der Waals surface area (Å²) >= 11 is 3.47. The second-order valence-electron chi connectivity index (χ2n) is 3.18. The van der Waals surface area contributed by atoms with Crippen LogP contribution in [0.4, 0.5) is 0 Å². The van der Waals surface area contributed by atoms with Crippen LogP contribution in [0.2, 0.25) is 0 Å². The van der Waals surface area contributed by atoms with E-state index in [4.69, 9.17) is 14.6 Å². The summed E-state index contributed by atoms with van der Waals surface area (Å²) in [5, 5.41) is 8.95. The van der Waals surface area contributed by atoms with Crippen molar-refractivity contribution in [3.05, 3.63) is 21.7 Å². The highest BCUT2D eigenvalue weighted by atomic mass is 79.9. The second kappa shape index (κ2) is 5.37. The zero-order valence-electron chi connectivity index (χ0n) is 9.13. The number of hydrogen-bond acceptors (Lipinski definition) is 3. The van der Waals surface area contributed by atoms with Crippen LogP contribution in [0.5, 0.6) is 11.5 Å². The molecule has 0 bridgehead atoms. The molecule has 4 heteroatoms. The largest absolute Gasteiger partial charge is 0.496 e. The van der Waals surface area contributed by atoms with Crippen molar-refractivity contribution in [1.29, 1.82) is 0 Å². The van der Waals surface area contributed by atoms with E-state index in [0.717, 1.165) is 27.1 Å². The molecule has 0 amide bonds. The lowest BCUT2D eigenvalue weighted by Crippen LogP contribution is -2.00. The topological polar surface area (TPSA) is 38.7 Å². The van der Waals surface area contributed by atoms with E-state index in [1.165, 1.54) is 0 Å². The van der Waals surface area contributed by atoms with Gasteiger partial charge in [-0.2, -0.15) is 0 Å². The first-order chi connectivity index (χ1) is 7.15. The highest BCUT2D eigenvalue weighted by molar-refractivity contribution is 9.10. The van der Waals surface area contributed by atoms with Gasteiger partial charge in [0.15, 0.2) is 0 Å². The van der Waals surface area contributed by atoms with Gasteiger partial charge in [0.2, 0.25) is 0 Å². The molecule has 1 aromatic carbocycles. The highest BCUT2D eigenvalue weighted by Gasteiger charge is 2.14. The van der Waals surface area contributed by atoms with Crippen LogP contribution in [0.25, 0.3) is 0 Å². The Morgan fingerprint density at radius 3 is 2.47 bits per heavy atom. The maximum absolute atomic E-state index is 8.95. The van der Waals surface area contributed by atoms with Crippen LogP contribution in [-0.2, 0) is 6.42 Å². The van der Waals surface area contributed by atoms with Gasteiger partial charge in [0.1, 0.15) is 11.5 Å². The van der Waals surface area contributed by atoms with Crippen LogP contribution in [0, 0.1) is 6.92 Å². The number of methoxy groups -OCH3 is 2. The van der Waals surface area contributed by atoms with E-state index in [1.54, 1.807) is 14.2 Å². The molecule has 0 radical (unpaired) electrons. The number of aliphatic hydroxyl groups excluding tert-OH is 1. The third kappa shape index (κ3) is 2.44. The SMILES string of the molecule is COc1cc(CCO)c(OC)c(Br)c1C. The molecule has 0 aromatic heterocycles. The Labute approximate surface area is 98.1 Å². The number of benzene rings is 1. The molecule has 0 unspecified atom stereocenters. The van der Waals surface area contributed by atoms with E-state index in [0.29, 0.717) is 6.42 Å². The molecule has 1 N–H and O–H groups in total. The zero-order chi connectivity index (χ0) is 11.4. The molecule has 84 valence electrons. The normalized spacial score (nSPS) is 10.2. The summed E-state index contributed by atoms with van der Waals surface area (Å²) in [4.78, 5) is 0. The fraction of sp³-hybridized carbons (Fsp3) is 0.455. The number of halogens is 1. The minimum Gasteiger partial charge on any atom is -0.496 e. The zero-order valence-corrected chi connectivity index (χ0v) is 10.7. The van der Waals surface area contributed by atoms with Crippen molar-refractivity contribution in [3.8, 4) is 11.5 Å². The summed E-state index contributed by atoms with van der Waals surface area (Å²) < 4.78 is 11.4. The van der Waals surface area contributed by atoms with E-state index in [9.17, 15) is 0 Å². The van der Waals surface area contributed by atoms with Crippen LogP contribution in [0.15, 0.2) is 10.5 Å². The van der Waals surface area contributed by atoms with Crippen LogP contribution in [-0.4, -0.2) is 25.9 Å². The van der Waals surface area contributed by atoms with E-state index in [-0.39, 0.29) is 6.61 Å². The minimum atomic E-state index is 0.0923. The molecule has 0 aliphatic carbocycles. The third-order valence-corrected chi connectivity index (χ3v) is 3.26. The summed E-state index contributed by atoms with van der Waals surface area (Å²) in [5.74, 6) is 1.56. The van der Waals surface area contributed by atoms with Crippen molar-refractivity contribution < 1.29 is 14.6 Å². The minimum absolute atomic E-state index is 0.0923. The van der Waals surface area contributed by atoms with Gasteiger partial charge in [-0.15, -0.1) is 0 Å². The van der Waals surface area contributed by atoms with Crippen molar-refractivity contribution in [3.63, 3.8) is 0 Å². The molecule has 0 saturated carbocycles. The fourth-order valence-electron chi connectivity index (χ4n) is 1.49. The van der Waals surface area contributed by atoms with E-state index < -0.39 is 0 Å². The lowest BCUT2D eigenvalue weighted by molar-refractivity contribution is 0.296. The Hall–Kier alpha value is -0.740. The van der Waals surface area contributed by atoms with Gasteiger partial charge >= 0.3 is 0 Å². The van der Waals surface area contributed by atoms with Crippen LogP contribution in [0.3, 0.4) is 0 Å². The molecule has 0 atom stereocenters. The van der Waals surface area contributed by atoms with Gasteiger partial charge in [0, 0.05) is 17.7 Å². The molecule has 3 nitrogen and oxygen atoms in total. The first-order valence-corrected chi connectivity index (χ1v) is 5.45. The Morgan fingerprint density at radius 2 is 2.00 bits per heavy atom. The van der Waals surface area contributed by atoms with Crippen molar-refractivity contribution in [2.24, 2.45) is 0 Å². The lowest BCUT2D eigenvalue weighted by Gasteiger charge is -2.15. The number of ether oxygens (including phenoxy) is 2. The lowest BCUT2D eigenvalue weighted by atomic mass is 10.1. The van der Waals surface area contributed by atoms with E-state index in [1.807, 2.05) is 13.0 Å². The van der Waals surface area contributed by atoms with Gasteiger partial charge in [-0.25, -0.2) is 0 Å². The van der Waals surface area contributed by atoms with Crippen molar-refractivity contribution in [2.45, 2.75) is 13.3 Å². The first kappa shape index (κ1) is 12.3. The number of aliphatic hydroxyl groups is 1. The Morgan fingerprint density at radius 1 is 1.33 bits per heavy atom. The molecule has 0 spiro atoms. The molecular weight excluding hydrogens is 260 g/mol. The van der Waals surface area contributed by atoms with Gasteiger partial charge < -0.3 is 14.6 Å². The molecule has 15 heavy (non-hydrogen) atoms. The summed E-state index contributed by atoms with van der Waals surface area (Å²) in [7, 11) is 3.25. The number of rotatable bonds is 4. The molecular formula is C11H15BrO3. The Kier molecular flexibility index (Phi) is 4.42. The summed E-state index contributed by atoms with van der Waals surface area (Å²) in [6, 6.07) is 1.90. The quantitative estimate of drug-likeness (QED) is 0.916. The average Bonchev–Trinajstić information content (AvgIpc) is 2.24. The summed E-state index contributed by atoms with van der Waals surface area (Å²) in [5.41, 5.74) is 1.94. The predicted octanol–water partition coefficient (Wildman–Crippen LogP) is 2.31. The monoisotopic (exact) mass is 274 g/mol. The maximum Gasteiger partial charge on any atom is 0.136 e. The molecule has 0 fully saturated rings. The second-order valence-corrected chi connectivity index (χ2v) is 3.98. The molecule has 0 heterocycles. The third-order valence-electron chi connectivity index (χ3n) is 2.30. The average molecular weight is 275 g/mol. The molecule has 0 saturated heterocycles. The van der Waals surface area contributed by atoms with Crippen molar-refractivity contribution in [1.82, 2.24) is 0 Å². The Bertz CT molecular complexity index is 350. The maximum atomic E-state index is 8.95. The molecule has 0 aliphatic rings. The van der Waals surface area contributed by atoms with Crippen LogP contribution in [0.1, 0.15) is 11.1 Å². The van der Waals surface area contributed by atoms with E-state index >= 15 is 0 Å². The molecule has 1 aromatic rings. The van der Waals surface area contributed by atoms with Gasteiger partial charge in [-0.3, -0.25) is 0 Å². The summed E-state index contributed by atoms with van der Waals surface area (Å²) in [6.45, 7) is 2.04. The predicted molar refractivity (Wildman–Crippen MR) is 62.8 cm³/mol. The van der Waals surface area contributed by atoms with Gasteiger partial charge in [0.25, 0.3) is 0 Å². The standard InChI is InChI=1S/C11H15BrO3/c1-7-9(14-2)6-8(4-5-13)11(15-3)10(7)12/h6,13H,4-5H2,1-3H3. The van der Waals surface area contributed by atoms with E-state index in [2.05, 4.69) is 15.9 Å².